The Morgan fingerprint density at radius 1 is 1.29 bits per heavy atom. The maximum atomic E-state index is 9.07. The number of methoxy groups -OCH3 is 1. The van der Waals surface area contributed by atoms with Crippen molar-refractivity contribution in [1.29, 1.82) is 0 Å². The molecule has 0 aliphatic rings. The number of hydrogen-bond acceptors (Lipinski definition) is 3. The second kappa shape index (κ2) is 6.03. The molecule has 0 bridgehead atoms. The molecule has 3 heteroatoms. The molecule has 0 saturated carbocycles. The molecule has 0 amide bonds. The number of aliphatic hydroxyl groups is 1. The molecule has 0 fully saturated rings. The summed E-state index contributed by atoms with van der Waals surface area (Å²) in [5.41, 5.74) is 1.15. The zero-order chi connectivity index (χ0) is 12.9. The smallest absolute Gasteiger partial charge is 0.123 e. The Bertz CT molecular complexity index is 350. The normalized spacial score (nSPS) is 11.9. The third kappa shape index (κ3) is 3.72. The topological polar surface area (TPSA) is 32.7 Å². The lowest BCUT2D eigenvalue weighted by atomic mass is 9.98. The lowest BCUT2D eigenvalue weighted by Crippen LogP contribution is -2.41. The minimum atomic E-state index is -0.0183. The Morgan fingerprint density at radius 3 is 2.53 bits per heavy atom. The summed E-state index contributed by atoms with van der Waals surface area (Å²) in [6.07, 6.45) is 0.763. The fourth-order valence-corrected chi connectivity index (χ4v) is 1.77. The van der Waals surface area contributed by atoms with E-state index < -0.39 is 0 Å². The van der Waals surface area contributed by atoms with Crippen LogP contribution in [-0.4, -0.2) is 36.3 Å². The summed E-state index contributed by atoms with van der Waals surface area (Å²) in [6, 6.07) is 8.04. The van der Waals surface area contributed by atoms with Gasteiger partial charge in [0.15, 0.2) is 0 Å². The first-order valence-corrected chi connectivity index (χ1v) is 5.95. The van der Waals surface area contributed by atoms with E-state index in [0.29, 0.717) is 0 Å². The maximum absolute atomic E-state index is 9.07. The minimum absolute atomic E-state index is 0.0183. The molecule has 1 N–H and O–H groups in total. The van der Waals surface area contributed by atoms with Gasteiger partial charge in [0, 0.05) is 24.3 Å². The van der Waals surface area contributed by atoms with Gasteiger partial charge in [0.1, 0.15) is 5.75 Å². The highest BCUT2D eigenvalue weighted by molar-refractivity contribution is 5.33. The molecule has 17 heavy (non-hydrogen) atoms. The first-order chi connectivity index (χ1) is 8.01. The van der Waals surface area contributed by atoms with Gasteiger partial charge < -0.3 is 9.84 Å². The fourth-order valence-electron chi connectivity index (χ4n) is 1.77. The van der Waals surface area contributed by atoms with E-state index in [9.17, 15) is 0 Å². The number of ether oxygens (including phenoxy) is 1. The fraction of sp³-hybridized carbons (Fsp3) is 0.571. The predicted octanol–water partition coefficient (Wildman–Crippen LogP) is 2.29. The number of rotatable bonds is 6. The van der Waals surface area contributed by atoms with Gasteiger partial charge in [-0.3, -0.25) is 4.90 Å². The molecule has 96 valence electrons. The molecule has 0 radical (unpaired) electrons. The molecule has 0 aliphatic carbocycles. The van der Waals surface area contributed by atoms with Gasteiger partial charge in [0.2, 0.25) is 0 Å². The molecule has 1 aromatic carbocycles. The van der Waals surface area contributed by atoms with Crippen LogP contribution in [0, 0.1) is 0 Å². The third-order valence-corrected chi connectivity index (χ3v) is 3.36. The first kappa shape index (κ1) is 14.0. The average molecular weight is 237 g/mol. The number of aliphatic hydroxyl groups excluding tert-OH is 1. The van der Waals surface area contributed by atoms with Gasteiger partial charge in [-0.15, -0.1) is 0 Å². The van der Waals surface area contributed by atoms with Crippen molar-refractivity contribution in [2.24, 2.45) is 0 Å². The highest BCUT2D eigenvalue weighted by atomic mass is 16.5. The van der Waals surface area contributed by atoms with E-state index in [0.717, 1.165) is 18.7 Å². The number of nitrogens with zero attached hydrogens (tertiary/aromatic N) is 1. The minimum Gasteiger partial charge on any atom is -0.496 e. The number of benzene rings is 1. The molecule has 0 aromatic heterocycles. The van der Waals surface area contributed by atoms with Crippen LogP contribution in [0.5, 0.6) is 5.75 Å². The molecule has 0 heterocycles. The second-order valence-corrected chi connectivity index (χ2v) is 4.95. The summed E-state index contributed by atoms with van der Waals surface area (Å²) < 4.78 is 5.34. The molecular weight excluding hydrogens is 214 g/mol. The van der Waals surface area contributed by atoms with E-state index >= 15 is 0 Å². The van der Waals surface area contributed by atoms with E-state index in [-0.39, 0.29) is 12.1 Å². The van der Waals surface area contributed by atoms with Crippen LogP contribution >= 0.6 is 0 Å². The Hall–Kier alpha value is -1.06. The summed E-state index contributed by atoms with van der Waals surface area (Å²) >= 11 is 0. The molecule has 0 unspecified atom stereocenters. The Kier molecular flexibility index (Phi) is 4.97. The quantitative estimate of drug-likeness (QED) is 0.824. The summed E-state index contributed by atoms with van der Waals surface area (Å²) in [4.78, 5) is 2.24. The Balaban J connectivity index is 2.76. The van der Waals surface area contributed by atoms with Crippen LogP contribution in [0.4, 0.5) is 0 Å². The van der Waals surface area contributed by atoms with Crippen LogP contribution in [-0.2, 0) is 6.54 Å². The lowest BCUT2D eigenvalue weighted by Gasteiger charge is -2.35. The second-order valence-electron chi connectivity index (χ2n) is 4.95. The van der Waals surface area contributed by atoms with Crippen LogP contribution in [0.2, 0.25) is 0 Å². The largest absolute Gasteiger partial charge is 0.496 e. The highest BCUT2D eigenvalue weighted by Crippen LogP contribution is 2.24. The zero-order valence-electron chi connectivity index (χ0n) is 11.2. The van der Waals surface area contributed by atoms with E-state index in [2.05, 4.69) is 31.9 Å². The van der Waals surface area contributed by atoms with Gasteiger partial charge in [0.25, 0.3) is 0 Å². The van der Waals surface area contributed by atoms with Gasteiger partial charge in [-0.1, -0.05) is 18.2 Å². The summed E-state index contributed by atoms with van der Waals surface area (Å²) in [7, 11) is 3.76. The van der Waals surface area contributed by atoms with E-state index in [4.69, 9.17) is 9.84 Å². The molecule has 0 aliphatic heterocycles. The molecule has 0 spiro atoms. The average Bonchev–Trinajstić information content (AvgIpc) is 2.29. The molecule has 1 aromatic rings. The molecule has 3 nitrogen and oxygen atoms in total. The van der Waals surface area contributed by atoms with Crippen molar-refractivity contribution in [3.05, 3.63) is 29.8 Å². The van der Waals surface area contributed by atoms with Gasteiger partial charge >= 0.3 is 0 Å². The summed E-state index contributed by atoms with van der Waals surface area (Å²) in [6.45, 7) is 5.30. The molecule has 0 atom stereocenters. The molecule has 1 rings (SSSR count). The third-order valence-electron chi connectivity index (χ3n) is 3.36. The maximum Gasteiger partial charge on any atom is 0.123 e. The first-order valence-electron chi connectivity index (χ1n) is 5.95. The highest BCUT2D eigenvalue weighted by Gasteiger charge is 2.23. The van der Waals surface area contributed by atoms with Gasteiger partial charge in [-0.2, -0.15) is 0 Å². The number of hydrogen-bond donors (Lipinski definition) is 1. The van der Waals surface area contributed by atoms with Crippen molar-refractivity contribution < 1.29 is 9.84 Å². The van der Waals surface area contributed by atoms with E-state index in [1.54, 1.807) is 7.11 Å². The van der Waals surface area contributed by atoms with Crippen molar-refractivity contribution in [1.82, 2.24) is 4.90 Å². The molecule has 0 saturated heterocycles. The summed E-state index contributed by atoms with van der Waals surface area (Å²) in [5.74, 6) is 0.916. The predicted molar refractivity (Wildman–Crippen MR) is 70.2 cm³/mol. The van der Waals surface area contributed by atoms with Crippen molar-refractivity contribution >= 4 is 0 Å². The Morgan fingerprint density at radius 2 is 1.94 bits per heavy atom. The van der Waals surface area contributed by atoms with Crippen LogP contribution < -0.4 is 4.74 Å². The van der Waals surface area contributed by atoms with Crippen molar-refractivity contribution in [3.63, 3.8) is 0 Å². The van der Waals surface area contributed by atoms with E-state index in [1.165, 1.54) is 5.56 Å². The van der Waals surface area contributed by atoms with Crippen LogP contribution in [0.25, 0.3) is 0 Å². The van der Waals surface area contributed by atoms with Crippen LogP contribution in [0.3, 0.4) is 0 Å². The SMILES string of the molecule is COc1ccccc1CN(C)C(C)(C)CCO. The molecular formula is C14H23NO2. The lowest BCUT2D eigenvalue weighted by molar-refractivity contribution is 0.109. The van der Waals surface area contributed by atoms with Gasteiger partial charge in [-0.05, 0) is 33.4 Å². The van der Waals surface area contributed by atoms with Crippen LogP contribution in [0.15, 0.2) is 24.3 Å². The van der Waals surface area contributed by atoms with Crippen molar-refractivity contribution in [3.8, 4) is 5.75 Å². The van der Waals surface area contributed by atoms with Crippen molar-refractivity contribution in [2.45, 2.75) is 32.4 Å². The Labute approximate surface area is 104 Å². The number of para-hydroxylation sites is 1. The standard InChI is InChI=1S/C14H23NO2/c1-14(2,9-10-16)15(3)11-12-7-5-6-8-13(12)17-4/h5-8,16H,9-11H2,1-4H3. The zero-order valence-corrected chi connectivity index (χ0v) is 11.2. The van der Waals surface area contributed by atoms with E-state index in [1.807, 2.05) is 18.2 Å². The van der Waals surface area contributed by atoms with Gasteiger partial charge in [-0.25, -0.2) is 0 Å². The summed E-state index contributed by atoms with van der Waals surface area (Å²) in [5, 5.41) is 9.07. The van der Waals surface area contributed by atoms with Crippen LogP contribution in [0.1, 0.15) is 25.8 Å². The monoisotopic (exact) mass is 237 g/mol. The van der Waals surface area contributed by atoms with Gasteiger partial charge in [0.05, 0.1) is 7.11 Å². The van der Waals surface area contributed by atoms with Crippen molar-refractivity contribution in [2.75, 3.05) is 20.8 Å².